The molecule has 0 bridgehead atoms. The summed E-state index contributed by atoms with van der Waals surface area (Å²) in [5.41, 5.74) is 5.21. The Hall–Kier alpha value is -2.75. The van der Waals surface area contributed by atoms with Crippen LogP contribution in [-0.4, -0.2) is 35.4 Å². The van der Waals surface area contributed by atoms with E-state index in [-0.39, 0.29) is 17.7 Å². The fourth-order valence-corrected chi connectivity index (χ4v) is 4.96. The first-order chi connectivity index (χ1) is 13.2. The second-order valence-electron chi connectivity index (χ2n) is 7.80. The highest BCUT2D eigenvalue weighted by Crippen LogP contribution is 2.41. The zero-order valence-corrected chi connectivity index (χ0v) is 15.2. The lowest BCUT2D eigenvalue weighted by Gasteiger charge is -2.45. The highest BCUT2D eigenvalue weighted by molar-refractivity contribution is 6.29. The minimum Gasteiger partial charge on any atom is -0.335 e. The second-order valence-corrected chi connectivity index (χ2v) is 7.80. The van der Waals surface area contributed by atoms with Gasteiger partial charge in [-0.15, -0.1) is 0 Å². The average Bonchev–Trinajstić information content (AvgIpc) is 2.72. The Balaban J connectivity index is 1.45. The predicted octanol–water partition coefficient (Wildman–Crippen LogP) is 3.85. The second kappa shape index (κ2) is 6.45. The van der Waals surface area contributed by atoms with Gasteiger partial charge in [0, 0.05) is 30.5 Å². The third kappa shape index (κ3) is 2.80. The Kier molecular flexibility index (Phi) is 3.92. The molecule has 0 spiro atoms. The topological polar surface area (TPSA) is 49.7 Å². The van der Waals surface area contributed by atoms with Crippen molar-refractivity contribution in [3.63, 3.8) is 0 Å². The quantitative estimate of drug-likeness (QED) is 0.777. The summed E-state index contributed by atoms with van der Waals surface area (Å²) in [7, 11) is 0. The molecule has 1 unspecified atom stereocenters. The van der Waals surface area contributed by atoms with Crippen LogP contribution in [0.5, 0.6) is 0 Å². The number of ketones is 1. The van der Waals surface area contributed by atoms with Gasteiger partial charge in [-0.25, -0.2) is 0 Å². The summed E-state index contributed by atoms with van der Waals surface area (Å²) in [6.45, 7) is 0.820. The van der Waals surface area contributed by atoms with Crippen molar-refractivity contribution in [3.8, 4) is 0 Å². The fraction of sp³-hybridized carbons (Fsp3) is 0.348. The fourth-order valence-electron chi connectivity index (χ4n) is 4.96. The van der Waals surface area contributed by atoms with E-state index >= 15 is 0 Å². The summed E-state index contributed by atoms with van der Waals surface area (Å²) in [6.07, 6.45) is 6.01. The van der Waals surface area contributed by atoms with E-state index in [0.29, 0.717) is 17.9 Å². The first-order valence-electron chi connectivity index (χ1n) is 9.79. The van der Waals surface area contributed by atoms with E-state index in [1.807, 2.05) is 18.2 Å². The molecule has 2 aliphatic heterocycles. The number of hydrogen-bond donors (Lipinski definition) is 0. The third-order valence-corrected chi connectivity index (χ3v) is 6.25. The standard InChI is InChI=1S/C23H22N2O2/c26-18-12-16-7-8-17(13-21(16)24-14-18)23(27)25-11-3-6-20-19-5-2-1-4-15(19)9-10-22(20)25/h1-2,4-5,7-8,13-14,20,22H,3,6,9-12H2/t20?,22-/m0/s1. The summed E-state index contributed by atoms with van der Waals surface area (Å²) in [4.78, 5) is 31.2. The zero-order chi connectivity index (χ0) is 18.4. The average molecular weight is 358 g/mol. The first kappa shape index (κ1) is 16.4. The molecule has 2 heterocycles. The number of benzene rings is 2. The predicted molar refractivity (Wildman–Crippen MR) is 105 cm³/mol. The Labute approximate surface area is 158 Å². The summed E-state index contributed by atoms with van der Waals surface area (Å²) in [5.74, 6) is 0.557. The molecular weight excluding hydrogens is 336 g/mol. The number of carbonyl (C=O) groups excluding carboxylic acids is 2. The molecular formula is C23H22N2O2. The molecule has 0 aromatic heterocycles. The van der Waals surface area contributed by atoms with Crippen molar-refractivity contribution < 1.29 is 9.59 Å². The SMILES string of the molecule is O=C1C=Nc2cc(C(=O)N3CCCC4c5ccccc5CC[C@@H]43)ccc2C1. The molecule has 1 amide bonds. The molecule has 2 aromatic carbocycles. The number of Topliss-reactive ketones (excluding diaryl/α,β-unsaturated/α-hetero) is 1. The Morgan fingerprint density at radius 1 is 1.07 bits per heavy atom. The number of nitrogens with zero attached hydrogens (tertiary/aromatic N) is 2. The highest BCUT2D eigenvalue weighted by atomic mass is 16.2. The summed E-state index contributed by atoms with van der Waals surface area (Å²) >= 11 is 0. The summed E-state index contributed by atoms with van der Waals surface area (Å²) in [6, 6.07) is 14.6. The van der Waals surface area contributed by atoms with Gasteiger partial charge >= 0.3 is 0 Å². The number of carbonyl (C=O) groups is 2. The number of hydrogen-bond acceptors (Lipinski definition) is 3. The van der Waals surface area contributed by atoms with Crippen LogP contribution in [0.3, 0.4) is 0 Å². The van der Waals surface area contributed by atoms with Gasteiger partial charge in [0.15, 0.2) is 5.78 Å². The smallest absolute Gasteiger partial charge is 0.254 e. The lowest BCUT2D eigenvalue weighted by molar-refractivity contribution is -0.112. The monoisotopic (exact) mass is 358 g/mol. The molecule has 4 nitrogen and oxygen atoms in total. The normalized spacial score (nSPS) is 23.4. The van der Waals surface area contributed by atoms with Gasteiger partial charge in [-0.1, -0.05) is 30.3 Å². The van der Waals surface area contributed by atoms with Gasteiger partial charge in [0.05, 0.1) is 11.9 Å². The Bertz CT molecular complexity index is 963. The van der Waals surface area contributed by atoms with E-state index in [1.54, 1.807) is 0 Å². The molecule has 2 aromatic rings. The van der Waals surface area contributed by atoms with Crippen LogP contribution in [0.25, 0.3) is 0 Å². The highest BCUT2D eigenvalue weighted by Gasteiger charge is 2.38. The maximum Gasteiger partial charge on any atom is 0.254 e. The van der Waals surface area contributed by atoms with Crippen molar-refractivity contribution >= 4 is 23.6 Å². The van der Waals surface area contributed by atoms with Crippen molar-refractivity contribution in [2.75, 3.05) is 6.54 Å². The van der Waals surface area contributed by atoms with Crippen molar-refractivity contribution in [3.05, 3.63) is 64.7 Å². The van der Waals surface area contributed by atoms with Crippen LogP contribution in [0.4, 0.5) is 5.69 Å². The molecule has 0 radical (unpaired) electrons. The van der Waals surface area contributed by atoms with Crippen molar-refractivity contribution in [2.24, 2.45) is 4.99 Å². The van der Waals surface area contributed by atoms with Gasteiger partial charge in [-0.3, -0.25) is 14.6 Å². The van der Waals surface area contributed by atoms with Crippen molar-refractivity contribution in [2.45, 2.75) is 44.1 Å². The van der Waals surface area contributed by atoms with Gasteiger partial charge in [-0.05, 0) is 54.5 Å². The van der Waals surface area contributed by atoms with Gasteiger partial charge in [-0.2, -0.15) is 0 Å². The minimum atomic E-state index is 0.0151. The van der Waals surface area contributed by atoms with E-state index in [4.69, 9.17) is 0 Å². The number of amides is 1. The molecule has 2 atom stereocenters. The molecule has 0 saturated carbocycles. The minimum absolute atomic E-state index is 0.0151. The van der Waals surface area contributed by atoms with Crippen molar-refractivity contribution in [1.29, 1.82) is 0 Å². The van der Waals surface area contributed by atoms with Crippen molar-refractivity contribution in [1.82, 2.24) is 4.90 Å². The van der Waals surface area contributed by atoms with Crippen LogP contribution in [0.2, 0.25) is 0 Å². The van der Waals surface area contributed by atoms with Crippen LogP contribution in [0.1, 0.15) is 52.2 Å². The Morgan fingerprint density at radius 3 is 2.89 bits per heavy atom. The van der Waals surface area contributed by atoms with Crippen LogP contribution in [0.15, 0.2) is 47.5 Å². The van der Waals surface area contributed by atoms with Gasteiger partial charge in [0.25, 0.3) is 5.91 Å². The molecule has 4 heteroatoms. The summed E-state index contributed by atoms with van der Waals surface area (Å²) < 4.78 is 0. The lowest BCUT2D eigenvalue weighted by Crippen LogP contribution is -2.49. The molecule has 3 aliphatic rings. The number of aliphatic imine (C=N–C) groups is 1. The van der Waals surface area contributed by atoms with E-state index < -0.39 is 0 Å². The molecule has 5 rings (SSSR count). The largest absolute Gasteiger partial charge is 0.335 e. The van der Waals surface area contributed by atoms with Crippen LogP contribution in [0, 0.1) is 0 Å². The first-order valence-corrected chi connectivity index (χ1v) is 9.79. The molecule has 1 fully saturated rings. The Morgan fingerprint density at radius 2 is 1.96 bits per heavy atom. The lowest BCUT2D eigenvalue weighted by atomic mass is 9.74. The number of fused-ring (bicyclic) bond motifs is 4. The number of piperidine rings is 1. The van der Waals surface area contributed by atoms with E-state index in [0.717, 1.165) is 43.5 Å². The maximum absolute atomic E-state index is 13.3. The number of aryl methyl sites for hydroxylation is 1. The van der Waals surface area contributed by atoms with Gasteiger partial charge in [0.1, 0.15) is 0 Å². The molecule has 1 saturated heterocycles. The van der Waals surface area contributed by atoms with E-state index in [1.165, 1.54) is 17.3 Å². The number of rotatable bonds is 1. The van der Waals surface area contributed by atoms with Crippen LogP contribution < -0.4 is 0 Å². The third-order valence-electron chi connectivity index (χ3n) is 6.25. The van der Waals surface area contributed by atoms with Gasteiger partial charge in [0.2, 0.25) is 0 Å². The number of likely N-dealkylation sites (tertiary alicyclic amines) is 1. The summed E-state index contributed by atoms with van der Waals surface area (Å²) in [5, 5.41) is 0. The van der Waals surface area contributed by atoms with Crippen LogP contribution >= 0.6 is 0 Å². The van der Waals surface area contributed by atoms with E-state index in [2.05, 4.69) is 34.2 Å². The molecule has 136 valence electrons. The zero-order valence-electron chi connectivity index (χ0n) is 15.2. The molecule has 0 N–H and O–H groups in total. The maximum atomic E-state index is 13.3. The molecule has 1 aliphatic carbocycles. The van der Waals surface area contributed by atoms with Crippen LogP contribution in [-0.2, 0) is 17.6 Å². The van der Waals surface area contributed by atoms with Gasteiger partial charge < -0.3 is 4.90 Å². The van der Waals surface area contributed by atoms with E-state index in [9.17, 15) is 9.59 Å². The molecule has 27 heavy (non-hydrogen) atoms.